The third-order valence-electron chi connectivity index (χ3n) is 0. The van der Waals surface area contributed by atoms with Crippen molar-refractivity contribution in [3.63, 3.8) is 0 Å². The molecule has 0 bridgehead atoms. The number of hydrogen-bond acceptors (Lipinski definition) is 2. The summed E-state index contributed by atoms with van der Waals surface area (Å²) in [7, 11) is -1.42. The van der Waals surface area contributed by atoms with E-state index in [0.29, 0.717) is 0 Å². The minimum atomic E-state index is -1.42. The van der Waals surface area contributed by atoms with Gasteiger partial charge in [-0.05, 0) is 0 Å². The molecule has 0 aromatic rings. The van der Waals surface area contributed by atoms with Gasteiger partial charge in [0.1, 0.15) is 0 Å². The molecule has 0 aliphatic heterocycles. The Labute approximate surface area is 36.3 Å². The molecule has 4 heavy (non-hydrogen) atoms. The second kappa shape index (κ2) is 10.2. The summed E-state index contributed by atoms with van der Waals surface area (Å²) >= 11 is 0. The van der Waals surface area contributed by atoms with Gasteiger partial charge in [0.15, 0.2) is 0 Å². The van der Waals surface area contributed by atoms with Crippen molar-refractivity contribution in [3.05, 3.63) is 0 Å². The van der Waals surface area contributed by atoms with Crippen molar-refractivity contribution >= 4 is 9.29 Å². The van der Waals surface area contributed by atoms with Crippen LogP contribution in [0.25, 0.3) is 0 Å². The smallest absolute Gasteiger partial charge is 0.274 e. The average Bonchev–Trinajstić information content (AvgIpc) is 0.918. The molecule has 0 unspecified atom stereocenters. The van der Waals surface area contributed by atoms with Gasteiger partial charge < -0.3 is 0 Å². The maximum Gasteiger partial charge on any atom is 2.00 e. The molecular formula is CrO2Si+2. The topological polar surface area (TPSA) is 34.1 Å². The first kappa shape index (κ1) is 8.84. The van der Waals surface area contributed by atoms with E-state index >= 15 is 0 Å². The molecule has 0 fully saturated rings. The fourth-order valence-corrected chi connectivity index (χ4v) is 0. The minimum absolute atomic E-state index is 0. The predicted molar refractivity (Wildman–Crippen MR) is 7.13 cm³/mol. The molecule has 0 amide bonds. The molecule has 0 saturated carbocycles. The fraction of sp³-hybridized carbons (Fsp3) is 0. The first-order valence-electron chi connectivity index (χ1n) is 0.408. The Kier molecular flexibility index (Phi) is 22.4. The van der Waals surface area contributed by atoms with Crippen LogP contribution in [0.2, 0.25) is 0 Å². The second-order valence-electron chi connectivity index (χ2n) is 0.0833. The van der Waals surface area contributed by atoms with Crippen LogP contribution in [0.5, 0.6) is 0 Å². The van der Waals surface area contributed by atoms with E-state index < -0.39 is 9.29 Å². The third-order valence-corrected chi connectivity index (χ3v) is 0. The fourth-order valence-electron chi connectivity index (χ4n) is 0. The summed E-state index contributed by atoms with van der Waals surface area (Å²) in [5, 5.41) is 0. The average molecular weight is 112 g/mol. The maximum absolute atomic E-state index is 8.40. The van der Waals surface area contributed by atoms with E-state index in [2.05, 4.69) is 0 Å². The van der Waals surface area contributed by atoms with E-state index in [4.69, 9.17) is 8.92 Å². The van der Waals surface area contributed by atoms with E-state index in [0.717, 1.165) is 0 Å². The standard InChI is InChI=1S/Cr.O2Si/c;1-3-2/q+2;. The monoisotopic (exact) mass is 112 g/mol. The molecule has 4 heteroatoms. The molecule has 0 heterocycles. The molecular weight excluding hydrogens is 112 g/mol. The Morgan fingerprint density at radius 3 is 1.25 bits per heavy atom. The van der Waals surface area contributed by atoms with Crippen molar-refractivity contribution in [2.24, 2.45) is 0 Å². The summed E-state index contributed by atoms with van der Waals surface area (Å²) in [6.45, 7) is 0. The van der Waals surface area contributed by atoms with Gasteiger partial charge in [-0.2, -0.15) is 0 Å². The van der Waals surface area contributed by atoms with Gasteiger partial charge in [-0.15, -0.1) is 0 Å². The van der Waals surface area contributed by atoms with Crippen LogP contribution in [0, 0.1) is 0 Å². The maximum atomic E-state index is 8.40. The van der Waals surface area contributed by atoms with Crippen LogP contribution >= 0.6 is 0 Å². The molecule has 0 atom stereocenters. The van der Waals surface area contributed by atoms with Crippen LogP contribution in [0.3, 0.4) is 0 Å². The quantitative estimate of drug-likeness (QED) is 0.391. The van der Waals surface area contributed by atoms with Gasteiger partial charge in [0.05, 0.1) is 0 Å². The molecule has 0 spiro atoms. The molecule has 0 aliphatic rings. The summed E-state index contributed by atoms with van der Waals surface area (Å²) in [4.78, 5) is 0. The van der Waals surface area contributed by atoms with Gasteiger partial charge in [0.2, 0.25) is 0 Å². The van der Waals surface area contributed by atoms with E-state index in [1.165, 1.54) is 0 Å². The van der Waals surface area contributed by atoms with Crippen molar-refractivity contribution in [2.45, 2.75) is 0 Å². The van der Waals surface area contributed by atoms with Crippen LogP contribution < -0.4 is 0 Å². The molecule has 20 valence electrons. The van der Waals surface area contributed by atoms with Crippen LogP contribution in [0.4, 0.5) is 0 Å². The van der Waals surface area contributed by atoms with Crippen molar-refractivity contribution in [2.75, 3.05) is 0 Å². The zero-order valence-electron chi connectivity index (χ0n) is 1.72. The van der Waals surface area contributed by atoms with Gasteiger partial charge in [-0.3, -0.25) is 8.92 Å². The Morgan fingerprint density at radius 2 is 1.25 bits per heavy atom. The van der Waals surface area contributed by atoms with Crippen LogP contribution in [0.15, 0.2) is 0 Å². The van der Waals surface area contributed by atoms with E-state index in [1.54, 1.807) is 0 Å². The summed E-state index contributed by atoms with van der Waals surface area (Å²) in [5.74, 6) is 0. The van der Waals surface area contributed by atoms with E-state index in [1.807, 2.05) is 0 Å². The molecule has 0 saturated heterocycles. The van der Waals surface area contributed by atoms with Crippen LogP contribution in [0.1, 0.15) is 0 Å². The molecule has 0 N–H and O–H groups in total. The Hall–Kier alpha value is 0.349. The van der Waals surface area contributed by atoms with Crippen LogP contribution in [-0.4, -0.2) is 9.29 Å². The Bertz CT molecular complexity index is 27.0. The van der Waals surface area contributed by atoms with Gasteiger partial charge in [0, 0.05) is 0 Å². The largest absolute Gasteiger partial charge is 2.00 e. The van der Waals surface area contributed by atoms with Gasteiger partial charge >= 0.3 is 26.7 Å². The summed E-state index contributed by atoms with van der Waals surface area (Å²) in [5.41, 5.74) is 0. The van der Waals surface area contributed by atoms with E-state index in [-0.39, 0.29) is 17.4 Å². The molecule has 0 aromatic heterocycles. The van der Waals surface area contributed by atoms with Gasteiger partial charge in [-0.1, -0.05) is 0 Å². The van der Waals surface area contributed by atoms with Crippen molar-refractivity contribution in [3.8, 4) is 0 Å². The predicted octanol–water partition coefficient (Wildman–Crippen LogP) is -0.621. The molecule has 0 aromatic carbocycles. The van der Waals surface area contributed by atoms with Gasteiger partial charge in [-0.25, -0.2) is 0 Å². The van der Waals surface area contributed by atoms with Crippen molar-refractivity contribution in [1.82, 2.24) is 0 Å². The van der Waals surface area contributed by atoms with E-state index in [9.17, 15) is 0 Å². The zero-order chi connectivity index (χ0) is 2.71. The van der Waals surface area contributed by atoms with Crippen molar-refractivity contribution in [1.29, 1.82) is 0 Å². The molecule has 0 rings (SSSR count). The summed E-state index contributed by atoms with van der Waals surface area (Å²) in [6.07, 6.45) is 0. The molecule has 0 aliphatic carbocycles. The summed E-state index contributed by atoms with van der Waals surface area (Å²) < 4.78 is 16.8. The number of hydrogen-bond donors (Lipinski definition) is 0. The number of rotatable bonds is 0. The third kappa shape index (κ3) is 35.0. The SMILES string of the molecule is O=[Si]=O.[Cr+2]. The molecule has 0 radical (unpaired) electrons. The second-order valence-corrected chi connectivity index (χ2v) is 0.250. The van der Waals surface area contributed by atoms with Crippen LogP contribution in [-0.2, 0) is 26.3 Å². The minimum Gasteiger partial charge on any atom is -0.274 e. The first-order chi connectivity index (χ1) is 1.41. The zero-order valence-corrected chi connectivity index (χ0v) is 4.00. The Morgan fingerprint density at radius 1 is 1.25 bits per heavy atom. The van der Waals surface area contributed by atoms with Gasteiger partial charge in [0.25, 0.3) is 0 Å². The first-order valence-corrected chi connectivity index (χ1v) is 1.22. The molecule has 2 nitrogen and oxygen atoms in total. The normalized spacial score (nSPS) is 2.00. The Balaban J connectivity index is 0. The summed E-state index contributed by atoms with van der Waals surface area (Å²) in [6, 6.07) is 0. The van der Waals surface area contributed by atoms with Crippen molar-refractivity contribution < 1.29 is 26.3 Å².